The smallest absolute Gasteiger partial charge is 0.323 e. The second-order valence-corrected chi connectivity index (χ2v) is 5.90. The number of anilines is 2. The van der Waals surface area contributed by atoms with Crippen LogP contribution in [0.3, 0.4) is 0 Å². The van der Waals surface area contributed by atoms with E-state index in [0.717, 1.165) is 10.0 Å². The monoisotopic (exact) mass is 367 g/mol. The Morgan fingerprint density at radius 3 is 2.43 bits per heavy atom. The predicted octanol–water partition coefficient (Wildman–Crippen LogP) is 4.77. The van der Waals surface area contributed by atoms with E-state index in [0.29, 0.717) is 16.4 Å². The molecular formula is C15H15BrClN3O. The van der Waals surface area contributed by atoms with Crippen LogP contribution in [-0.2, 0) is 0 Å². The molecule has 2 amide bonds. The lowest BCUT2D eigenvalue weighted by Crippen LogP contribution is -2.19. The van der Waals surface area contributed by atoms with Gasteiger partial charge in [0, 0.05) is 21.2 Å². The third-order valence-electron chi connectivity index (χ3n) is 2.87. The molecule has 6 heteroatoms. The summed E-state index contributed by atoms with van der Waals surface area (Å²) in [7, 11) is 0. The summed E-state index contributed by atoms with van der Waals surface area (Å²) in [6.45, 7) is 1.91. The largest absolute Gasteiger partial charge is 0.324 e. The third kappa shape index (κ3) is 4.46. The van der Waals surface area contributed by atoms with Crippen molar-refractivity contribution < 1.29 is 4.79 Å². The molecule has 0 fully saturated rings. The van der Waals surface area contributed by atoms with Crippen LogP contribution in [0.15, 0.2) is 46.9 Å². The van der Waals surface area contributed by atoms with Crippen molar-refractivity contribution in [1.29, 1.82) is 0 Å². The molecule has 2 aromatic carbocycles. The van der Waals surface area contributed by atoms with Crippen LogP contribution in [-0.4, -0.2) is 6.03 Å². The molecule has 0 saturated carbocycles. The zero-order valence-electron chi connectivity index (χ0n) is 11.4. The minimum Gasteiger partial charge on any atom is -0.324 e. The van der Waals surface area contributed by atoms with E-state index in [-0.39, 0.29) is 12.1 Å². The van der Waals surface area contributed by atoms with Crippen LogP contribution in [0, 0.1) is 0 Å². The molecule has 110 valence electrons. The molecule has 4 nitrogen and oxygen atoms in total. The van der Waals surface area contributed by atoms with Gasteiger partial charge in [0.2, 0.25) is 0 Å². The van der Waals surface area contributed by atoms with Gasteiger partial charge in [0.1, 0.15) is 0 Å². The van der Waals surface area contributed by atoms with Crippen LogP contribution < -0.4 is 16.4 Å². The van der Waals surface area contributed by atoms with Gasteiger partial charge in [-0.25, -0.2) is 4.79 Å². The minimum atomic E-state index is -0.327. The number of nitrogens with two attached hydrogens (primary N) is 1. The molecule has 2 rings (SSSR count). The lowest BCUT2D eigenvalue weighted by Gasteiger charge is -2.10. The Balaban J connectivity index is 2.01. The summed E-state index contributed by atoms with van der Waals surface area (Å²) >= 11 is 9.20. The van der Waals surface area contributed by atoms with E-state index in [1.807, 2.05) is 31.2 Å². The van der Waals surface area contributed by atoms with Gasteiger partial charge >= 0.3 is 6.03 Å². The van der Waals surface area contributed by atoms with Gasteiger partial charge in [-0.3, -0.25) is 0 Å². The van der Waals surface area contributed by atoms with Crippen molar-refractivity contribution in [2.45, 2.75) is 13.0 Å². The van der Waals surface area contributed by atoms with Crippen molar-refractivity contribution in [3.05, 3.63) is 57.5 Å². The van der Waals surface area contributed by atoms with E-state index >= 15 is 0 Å². The number of rotatable bonds is 3. The van der Waals surface area contributed by atoms with Gasteiger partial charge in [0.05, 0.1) is 5.69 Å². The van der Waals surface area contributed by atoms with Crippen molar-refractivity contribution >= 4 is 44.9 Å². The molecule has 0 aliphatic rings. The van der Waals surface area contributed by atoms with E-state index in [2.05, 4.69) is 26.6 Å². The Hall–Kier alpha value is -1.56. The van der Waals surface area contributed by atoms with E-state index in [1.54, 1.807) is 18.2 Å². The van der Waals surface area contributed by atoms with E-state index in [1.165, 1.54) is 0 Å². The topological polar surface area (TPSA) is 67.1 Å². The van der Waals surface area contributed by atoms with Gasteiger partial charge in [-0.2, -0.15) is 0 Å². The Kier molecular flexibility index (Phi) is 5.22. The number of carbonyl (C=O) groups excluding carboxylic acids is 1. The Morgan fingerprint density at radius 2 is 1.86 bits per heavy atom. The maximum atomic E-state index is 11.9. The summed E-state index contributed by atoms with van der Waals surface area (Å²) in [4.78, 5) is 11.9. The summed E-state index contributed by atoms with van der Waals surface area (Å²) < 4.78 is 0.720. The molecule has 1 atom stereocenters. The van der Waals surface area contributed by atoms with Crippen LogP contribution in [0.5, 0.6) is 0 Å². The highest BCUT2D eigenvalue weighted by molar-refractivity contribution is 9.10. The van der Waals surface area contributed by atoms with Crippen molar-refractivity contribution in [3.8, 4) is 0 Å². The van der Waals surface area contributed by atoms with Gasteiger partial charge in [-0.15, -0.1) is 0 Å². The van der Waals surface area contributed by atoms with Crippen molar-refractivity contribution in [2.75, 3.05) is 10.6 Å². The fourth-order valence-electron chi connectivity index (χ4n) is 1.75. The van der Waals surface area contributed by atoms with E-state index < -0.39 is 0 Å². The van der Waals surface area contributed by atoms with Gasteiger partial charge in [0.25, 0.3) is 0 Å². The molecule has 0 aromatic heterocycles. The van der Waals surface area contributed by atoms with Crippen LogP contribution in [0.4, 0.5) is 16.2 Å². The van der Waals surface area contributed by atoms with Gasteiger partial charge in [-0.05, 0) is 58.7 Å². The number of benzene rings is 2. The molecule has 0 bridgehead atoms. The average molecular weight is 369 g/mol. The summed E-state index contributed by atoms with van der Waals surface area (Å²) in [5.41, 5.74) is 8.13. The molecule has 0 radical (unpaired) electrons. The first-order chi connectivity index (χ1) is 9.95. The lowest BCUT2D eigenvalue weighted by molar-refractivity contribution is 0.262. The quantitative estimate of drug-likeness (QED) is 0.730. The summed E-state index contributed by atoms with van der Waals surface area (Å²) in [5.74, 6) is 0. The molecule has 4 N–H and O–H groups in total. The molecule has 0 aliphatic carbocycles. The number of amides is 2. The van der Waals surface area contributed by atoms with Crippen molar-refractivity contribution in [1.82, 2.24) is 0 Å². The van der Waals surface area contributed by atoms with E-state index in [9.17, 15) is 4.79 Å². The number of urea groups is 1. The second kappa shape index (κ2) is 6.93. The summed E-state index contributed by atoms with van der Waals surface area (Å²) in [6, 6.07) is 12.2. The van der Waals surface area contributed by atoms with Crippen LogP contribution in [0.2, 0.25) is 5.02 Å². The standard InChI is InChI=1S/C15H15BrClN3O/c1-9(18)10-2-5-12(6-3-10)19-15(21)20-14-7-4-11(17)8-13(14)16/h2-9H,18H2,1H3,(H2,19,20,21). The molecule has 2 aromatic rings. The maximum absolute atomic E-state index is 11.9. The Labute approximate surface area is 136 Å². The molecule has 0 saturated heterocycles. The summed E-state index contributed by atoms with van der Waals surface area (Å²) in [5, 5.41) is 6.09. The van der Waals surface area contributed by atoms with Crippen molar-refractivity contribution in [2.24, 2.45) is 5.73 Å². The zero-order valence-corrected chi connectivity index (χ0v) is 13.7. The Morgan fingerprint density at radius 1 is 1.19 bits per heavy atom. The number of carbonyl (C=O) groups is 1. The highest BCUT2D eigenvalue weighted by Crippen LogP contribution is 2.26. The number of halogens is 2. The fourth-order valence-corrected chi connectivity index (χ4v) is 2.53. The summed E-state index contributed by atoms with van der Waals surface area (Å²) in [6.07, 6.45) is 0. The van der Waals surface area contributed by atoms with Gasteiger partial charge in [0.15, 0.2) is 0 Å². The number of hydrogen-bond acceptors (Lipinski definition) is 2. The number of nitrogens with one attached hydrogen (secondary N) is 2. The normalized spacial score (nSPS) is 11.8. The highest BCUT2D eigenvalue weighted by Gasteiger charge is 2.07. The van der Waals surface area contributed by atoms with Gasteiger partial charge in [-0.1, -0.05) is 23.7 Å². The Bertz CT molecular complexity index is 644. The first kappa shape index (κ1) is 15.8. The first-order valence-corrected chi connectivity index (χ1v) is 7.51. The molecular weight excluding hydrogens is 354 g/mol. The SMILES string of the molecule is CC(N)c1ccc(NC(=O)Nc2ccc(Cl)cc2Br)cc1. The lowest BCUT2D eigenvalue weighted by atomic mass is 10.1. The van der Waals surface area contributed by atoms with Crippen molar-refractivity contribution in [3.63, 3.8) is 0 Å². The molecule has 0 spiro atoms. The van der Waals surface area contributed by atoms with E-state index in [4.69, 9.17) is 17.3 Å². The zero-order chi connectivity index (χ0) is 15.4. The molecule has 1 unspecified atom stereocenters. The second-order valence-electron chi connectivity index (χ2n) is 4.61. The van der Waals surface area contributed by atoms with Crippen LogP contribution in [0.25, 0.3) is 0 Å². The molecule has 21 heavy (non-hydrogen) atoms. The number of hydrogen-bond donors (Lipinski definition) is 3. The first-order valence-electron chi connectivity index (χ1n) is 6.34. The minimum absolute atomic E-state index is 0.0297. The van der Waals surface area contributed by atoms with Gasteiger partial charge < -0.3 is 16.4 Å². The molecule has 0 heterocycles. The molecule has 0 aliphatic heterocycles. The predicted molar refractivity (Wildman–Crippen MR) is 90.8 cm³/mol. The van der Waals surface area contributed by atoms with Crippen LogP contribution >= 0.6 is 27.5 Å². The fraction of sp³-hybridized carbons (Fsp3) is 0.133. The third-order valence-corrected chi connectivity index (χ3v) is 3.76. The highest BCUT2D eigenvalue weighted by atomic mass is 79.9. The maximum Gasteiger partial charge on any atom is 0.323 e. The average Bonchev–Trinajstić information content (AvgIpc) is 2.42. The van der Waals surface area contributed by atoms with Crippen LogP contribution in [0.1, 0.15) is 18.5 Å².